The number of hydrogen-bond acceptors (Lipinski definition) is 5. The van der Waals surface area contributed by atoms with Crippen LogP contribution in [0.5, 0.6) is 5.75 Å². The Hall–Kier alpha value is -1.37. The molecule has 0 bridgehead atoms. The predicted octanol–water partition coefficient (Wildman–Crippen LogP) is 3.64. The maximum Gasteiger partial charge on any atom is 0.225 e. The molecule has 2 fully saturated rings. The highest BCUT2D eigenvalue weighted by Crippen LogP contribution is 2.40. The van der Waals surface area contributed by atoms with Crippen LogP contribution < -0.4 is 0 Å². The number of nitrogens with zero attached hydrogens (tertiary/aromatic N) is 2. The zero-order valence-electron chi connectivity index (χ0n) is 15.3. The molecule has 1 heterocycles. The van der Waals surface area contributed by atoms with Crippen molar-refractivity contribution in [1.29, 1.82) is 0 Å². The van der Waals surface area contributed by atoms with E-state index in [1.54, 1.807) is 6.07 Å². The number of alkyl halides is 1. The molecular weight excluding hydrogens is 356 g/mol. The van der Waals surface area contributed by atoms with Crippen molar-refractivity contribution in [2.75, 3.05) is 32.8 Å². The molecule has 3 unspecified atom stereocenters. The Kier molecular flexibility index (Phi) is 8.62. The number of phenolic OH excluding ortho intramolecular Hbond substituents is 1. The topological polar surface area (TPSA) is 75.8 Å². The van der Waals surface area contributed by atoms with Gasteiger partial charge < -0.3 is 9.84 Å². The van der Waals surface area contributed by atoms with E-state index in [9.17, 15) is 15.2 Å². The molecule has 2 aliphatic rings. The lowest BCUT2D eigenvalue weighted by atomic mass is 9.97. The molecule has 0 aromatic heterocycles. The number of benzene rings is 1. The van der Waals surface area contributed by atoms with Crippen molar-refractivity contribution in [2.45, 2.75) is 49.9 Å². The van der Waals surface area contributed by atoms with Gasteiger partial charge in [-0.1, -0.05) is 25.1 Å². The van der Waals surface area contributed by atoms with Gasteiger partial charge in [-0.3, -0.25) is 15.0 Å². The second-order valence-electron chi connectivity index (χ2n) is 6.93. The van der Waals surface area contributed by atoms with Crippen LogP contribution in [0, 0.1) is 10.1 Å². The van der Waals surface area contributed by atoms with Crippen molar-refractivity contribution in [3.63, 3.8) is 0 Å². The number of hydrogen-bond donors (Lipinski definition) is 1. The zero-order chi connectivity index (χ0) is 18.9. The smallest absolute Gasteiger partial charge is 0.225 e. The van der Waals surface area contributed by atoms with E-state index in [2.05, 4.69) is 4.90 Å². The quantitative estimate of drug-likeness (QED) is 0.476. The minimum atomic E-state index is -0.418. The Labute approximate surface area is 160 Å². The molecule has 26 heavy (non-hydrogen) atoms. The molecule has 1 saturated carbocycles. The summed E-state index contributed by atoms with van der Waals surface area (Å²) in [6.45, 7) is 5.47. The summed E-state index contributed by atoms with van der Waals surface area (Å²) in [7, 11) is 0. The third-order valence-corrected chi connectivity index (χ3v) is 5.48. The summed E-state index contributed by atoms with van der Waals surface area (Å²) >= 11 is 6.03. The van der Waals surface area contributed by atoms with Gasteiger partial charge in [-0.2, -0.15) is 0 Å². The summed E-state index contributed by atoms with van der Waals surface area (Å²) in [5.74, 6) is 0.877. The van der Waals surface area contributed by atoms with Crippen molar-refractivity contribution in [2.24, 2.45) is 0 Å². The number of nitro groups is 1. The lowest BCUT2D eigenvalue weighted by Crippen LogP contribution is -2.42. The maximum atomic E-state index is 10.6. The fourth-order valence-electron chi connectivity index (χ4n) is 3.47. The van der Waals surface area contributed by atoms with Gasteiger partial charge >= 0.3 is 0 Å². The Morgan fingerprint density at radius 3 is 2.58 bits per heavy atom. The van der Waals surface area contributed by atoms with E-state index in [0.29, 0.717) is 43.2 Å². The van der Waals surface area contributed by atoms with E-state index in [1.807, 2.05) is 25.1 Å². The predicted molar refractivity (Wildman–Crippen MR) is 103 cm³/mol. The summed E-state index contributed by atoms with van der Waals surface area (Å²) in [5, 5.41) is 20.5. The zero-order valence-corrected chi connectivity index (χ0v) is 16.1. The number of rotatable bonds is 5. The van der Waals surface area contributed by atoms with Crippen LogP contribution >= 0.6 is 11.6 Å². The molecule has 0 spiro atoms. The number of aromatic hydroxyl groups is 1. The SMILES string of the molecule is CCC(CN1CCOCC1)[N+](=O)[O-].Oc1ccccc1C1CCC(Cl)C1. The van der Waals surface area contributed by atoms with Crippen molar-refractivity contribution >= 4 is 11.6 Å². The molecular formula is C19H29ClN2O4. The number of ether oxygens (including phenoxy) is 1. The standard InChI is InChI=1S/C11H13ClO.C8H16N2O3/c12-9-6-5-8(7-9)10-3-1-2-4-11(10)13;1-2-8(10(11)12)7-9-3-5-13-6-4-9/h1-4,8-9,13H,5-7H2;8H,2-7H2,1H3. The first-order valence-electron chi connectivity index (χ1n) is 9.36. The van der Waals surface area contributed by atoms with Crippen LogP contribution in [-0.2, 0) is 4.74 Å². The minimum absolute atomic E-state index is 0.185. The van der Waals surface area contributed by atoms with E-state index in [4.69, 9.17) is 16.3 Å². The Morgan fingerprint density at radius 1 is 1.35 bits per heavy atom. The molecule has 0 radical (unpaired) electrons. The normalized spacial score (nSPS) is 24.5. The van der Waals surface area contributed by atoms with Gasteiger partial charge in [0.25, 0.3) is 0 Å². The van der Waals surface area contributed by atoms with Crippen molar-refractivity contribution < 1.29 is 14.8 Å². The third kappa shape index (κ3) is 6.41. The molecule has 1 aliphatic heterocycles. The molecule has 0 amide bonds. The highest BCUT2D eigenvalue weighted by molar-refractivity contribution is 6.20. The molecule has 3 rings (SSSR count). The summed E-state index contributed by atoms with van der Waals surface area (Å²) in [5.41, 5.74) is 1.06. The summed E-state index contributed by atoms with van der Waals surface area (Å²) in [6, 6.07) is 7.15. The molecule has 6 nitrogen and oxygen atoms in total. The number of halogens is 1. The van der Waals surface area contributed by atoms with Gasteiger partial charge in [0, 0.05) is 29.8 Å². The molecule has 1 aromatic carbocycles. The van der Waals surface area contributed by atoms with Gasteiger partial charge in [-0.15, -0.1) is 11.6 Å². The van der Waals surface area contributed by atoms with Gasteiger partial charge in [-0.25, -0.2) is 0 Å². The average molecular weight is 385 g/mol. The van der Waals surface area contributed by atoms with Gasteiger partial charge in [0.1, 0.15) is 5.75 Å². The molecule has 1 aliphatic carbocycles. The fraction of sp³-hybridized carbons (Fsp3) is 0.684. The Morgan fingerprint density at radius 2 is 2.04 bits per heavy atom. The van der Waals surface area contributed by atoms with E-state index in [0.717, 1.165) is 37.9 Å². The average Bonchev–Trinajstić information content (AvgIpc) is 3.07. The lowest BCUT2D eigenvalue weighted by molar-refractivity contribution is -0.523. The number of phenols is 1. The molecule has 1 saturated heterocycles. The first-order valence-corrected chi connectivity index (χ1v) is 9.80. The van der Waals surface area contributed by atoms with E-state index < -0.39 is 6.04 Å². The van der Waals surface area contributed by atoms with Gasteiger partial charge in [0.15, 0.2) is 0 Å². The van der Waals surface area contributed by atoms with Crippen molar-refractivity contribution in [3.8, 4) is 5.75 Å². The monoisotopic (exact) mass is 384 g/mol. The number of morpholine rings is 1. The fourth-order valence-corrected chi connectivity index (χ4v) is 3.81. The second-order valence-corrected chi connectivity index (χ2v) is 7.54. The van der Waals surface area contributed by atoms with Gasteiger partial charge in [0.05, 0.1) is 19.8 Å². The molecule has 1 aromatic rings. The van der Waals surface area contributed by atoms with Crippen LogP contribution in [0.15, 0.2) is 24.3 Å². The highest BCUT2D eigenvalue weighted by Gasteiger charge is 2.25. The molecule has 146 valence electrons. The number of para-hydroxylation sites is 1. The summed E-state index contributed by atoms with van der Waals surface area (Å²) in [6.07, 6.45) is 3.77. The second kappa shape index (κ2) is 10.7. The molecule has 7 heteroatoms. The van der Waals surface area contributed by atoms with Crippen LogP contribution in [0.25, 0.3) is 0 Å². The van der Waals surface area contributed by atoms with Crippen LogP contribution in [0.3, 0.4) is 0 Å². The first kappa shape index (κ1) is 20.9. The van der Waals surface area contributed by atoms with Crippen LogP contribution in [-0.4, -0.2) is 59.2 Å². The van der Waals surface area contributed by atoms with E-state index >= 15 is 0 Å². The third-order valence-electron chi connectivity index (χ3n) is 5.09. The van der Waals surface area contributed by atoms with Gasteiger partial charge in [0.2, 0.25) is 6.04 Å². The highest BCUT2D eigenvalue weighted by atomic mass is 35.5. The first-order chi connectivity index (χ1) is 12.5. The van der Waals surface area contributed by atoms with Crippen molar-refractivity contribution in [1.82, 2.24) is 4.90 Å². The van der Waals surface area contributed by atoms with Gasteiger partial charge in [-0.05, 0) is 36.8 Å². The maximum absolute atomic E-state index is 10.6. The van der Waals surface area contributed by atoms with E-state index in [1.165, 1.54) is 0 Å². The van der Waals surface area contributed by atoms with Crippen LogP contribution in [0.1, 0.15) is 44.1 Å². The molecule has 3 atom stereocenters. The molecule has 1 N–H and O–H groups in total. The summed E-state index contributed by atoms with van der Waals surface area (Å²) < 4.78 is 5.16. The lowest BCUT2D eigenvalue weighted by Gasteiger charge is -2.27. The van der Waals surface area contributed by atoms with E-state index in [-0.39, 0.29) is 4.92 Å². The van der Waals surface area contributed by atoms with Crippen LogP contribution in [0.4, 0.5) is 0 Å². The minimum Gasteiger partial charge on any atom is -0.508 e. The summed E-state index contributed by atoms with van der Waals surface area (Å²) in [4.78, 5) is 12.5. The van der Waals surface area contributed by atoms with Crippen molar-refractivity contribution in [3.05, 3.63) is 39.9 Å². The Balaban J connectivity index is 0.000000187. The largest absolute Gasteiger partial charge is 0.508 e. The Bertz CT molecular complexity index is 566. The van der Waals surface area contributed by atoms with Crippen LogP contribution in [0.2, 0.25) is 0 Å².